The molecule has 5 nitrogen and oxygen atoms in total. The summed E-state index contributed by atoms with van der Waals surface area (Å²) in [6.07, 6.45) is 1.88. The SMILES string of the molecule is COc1ccc(C(=O)c2cccc3c2ccn2c(N)c(-c4ccccc4C)nc32)cc1. The third kappa shape index (κ3) is 3.02. The van der Waals surface area contributed by atoms with Gasteiger partial charge in [0.05, 0.1) is 7.11 Å². The van der Waals surface area contributed by atoms with E-state index in [1.165, 1.54) is 0 Å². The Balaban J connectivity index is 1.69. The van der Waals surface area contributed by atoms with E-state index in [4.69, 9.17) is 15.5 Å². The number of nitrogens with zero attached hydrogens (tertiary/aromatic N) is 2. The average Bonchev–Trinajstić information content (AvgIpc) is 3.15. The Morgan fingerprint density at radius 3 is 2.45 bits per heavy atom. The molecule has 0 fully saturated rings. The number of fused-ring (bicyclic) bond motifs is 3. The number of anilines is 1. The highest BCUT2D eigenvalue weighted by atomic mass is 16.5. The second kappa shape index (κ2) is 7.29. The van der Waals surface area contributed by atoms with Crippen LogP contribution in [0.3, 0.4) is 0 Å². The van der Waals surface area contributed by atoms with Gasteiger partial charge in [0.1, 0.15) is 22.9 Å². The van der Waals surface area contributed by atoms with Crippen LogP contribution in [0.5, 0.6) is 5.75 Å². The number of rotatable bonds is 4. The Morgan fingerprint density at radius 2 is 1.71 bits per heavy atom. The minimum absolute atomic E-state index is 0.0451. The van der Waals surface area contributed by atoms with E-state index in [1.807, 2.05) is 66.1 Å². The van der Waals surface area contributed by atoms with Crippen molar-refractivity contribution in [2.24, 2.45) is 0 Å². The third-order valence-electron chi connectivity index (χ3n) is 5.68. The molecule has 0 bridgehead atoms. The zero-order valence-corrected chi connectivity index (χ0v) is 17.3. The number of aryl methyl sites for hydroxylation is 1. The number of methoxy groups -OCH3 is 1. The van der Waals surface area contributed by atoms with E-state index < -0.39 is 0 Å². The quantitative estimate of drug-likeness (QED) is 0.411. The van der Waals surface area contributed by atoms with Gasteiger partial charge in [-0.15, -0.1) is 0 Å². The first-order valence-corrected chi connectivity index (χ1v) is 10.0. The molecule has 0 saturated carbocycles. The normalized spacial score (nSPS) is 11.2. The summed E-state index contributed by atoms with van der Waals surface area (Å²) in [5.74, 6) is 1.25. The summed E-state index contributed by atoms with van der Waals surface area (Å²) < 4.78 is 7.08. The van der Waals surface area contributed by atoms with Crippen molar-refractivity contribution in [3.05, 3.63) is 95.7 Å². The van der Waals surface area contributed by atoms with Gasteiger partial charge in [-0.3, -0.25) is 9.20 Å². The molecule has 0 atom stereocenters. The summed E-state index contributed by atoms with van der Waals surface area (Å²) in [5, 5.41) is 1.73. The minimum atomic E-state index is -0.0451. The lowest BCUT2D eigenvalue weighted by atomic mass is 9.98. The monoisotopic (exact) mass is 407 g/mol. The van der Waals surface area contributed by atoms with Gasteiger partial charge >= 0.3 is 0 Å². The van der Waals surface area contributed by atoms with E-state index in [0.29, 0.717) is 22.7 Å². The van der Waals surface area contributed by atoms with Gasteiger partial charge in [0.15, 0.2) is 5.78 Å². The maximum absolute atomic E-state index is 13.2. The molecule has 31 heavy (non-hydrogen) atoms. The Bertz CT molecular complexity index is 1450. The topological polar surface area (TPSA) is 69.6 Å². The predicted molar refractivity (Wildman–Crippen MR) is 124 cm³/mol. The summed E-state index contributed by atoms with van der Waals surface area (Å²) in [6, 6.07) is 22.8. The van der Waals surface area contributed by atoms with E-state index in [0.717, 1.165) is 33.2 Å². The molecule has 0 amide bonds. The van der Waals surface area contributed by atoms with Crippen LogP contribution in [-0.2, 0) is 0 Å². The summed E-state index contributed by atoms with van der Waals surface area (Å²) in [4.78, 5) is 18.1. The lowest BCUT2D eigenvalue weighted by Gasteiger charge is -2.08. The van der Waals surface area contributed by atoms with Crippen LogP contribution in [0.1, 0.15) is 21.5 Å². The number of ketones is 1. The third-order valence-corrected chi connectivity index (χ3v) is 5.68. The van der Waals surface area contributed by atoms with Crippen molar-refractivity contribution in [2.75, 3.05) is 12.8 Å². The largest absolute Gasteiger partial charge is 0.497 e. The summed E-state index contributed by atoms with van der Waals surface area (Å²) in [7, 11) is 1.61. The molecule has 0 spiro atoms. The van der Waals surface area contributed by atoms with Gasteiger partial charge < -0.3 is 10.5 Å². The predicted octanol–water partition coefficient (Wildman–Crippen LogP) is 5.28. The van der Waals surface area contributed by atoms with Crippen LogP contribution in [0.15, 0.2) is 79.0 Å². The number of hydrogen-bond acceptors (Lipinski definition) is 4. The number of nitrogens with two attached hydrogens (primary N) is 1. The number of benzene rings is 3. The standard InChI is InChI=1S/C26H21N3O2/c1-16-6-3-4-7-19(16)23-25(27)29-15-14-20-21(8-5-9-22(20)26(29)28-23)24(30)17-10-12-18(31-2)13-11-17/h3-15H,27H2,1-2H3. The second-order valence-corrected chi connectivity index (χ2v) is 7.49. The molecule has 0 radical (unpaired) electrons. The van der Waals surface area contributed by atoms with Crippen molar-refractivity contribution in [1.82, 2.24) is 9.38 Å². The lowest BCUT2D eigenvalue weighted by molar-refractivity contribution is 0.104. The van der Waals surface area contributed by atoms with Crippen molar-refractivity contribution in [3.8, 4) is 17.0 Å². The molecule has 0 aliphatic heterocycles. The highest BCUT2D eigenvalue weighted by molar-refractivity contribution is 6.18. The van der Waals surface area contributed by atoms with Crippen LogP contribution >= 0.6 is 0 Å². The lowest BCUT2D eigenvalue weighted by Crippen LogP contribution is -2.03. The van der Waals surface area contributed by atoms with Crippen molar-refractivity contribution >= 4 is 28.0 Å². The van der Waals surface area contributed by atoms with Gasteiger partial charge in [0.25, 0.3) is 0 Å². The Labute approximate surface area is 179 Å². The van der Waals surface area contributed by atoms with Crippen LogP contribution in [-0.4, -0.2) is 22.3 Å². The number of nitrogen functional groups attached to an aromatic ring is 1. The summed E-state index contributed by atoms with van der Waals surface area (Å²) in [5.41, 5.74) is 11.3. The van der Waals surface area contributed by atoms with Crippen molar-refractivity contribution < 1.29 is 9.53 Å². The van der Waals surface area contributed by atoms with Crippen molar-refractivity contribution in [3.63, 3.8) is 0 Å². The van der Waals surface area contributed by atoms with Crippen LogP contribution < -0.4 is 10.5 Å². The molecule has 3 aromatic carbocycles. The van der Waals surface area contributed by atoms with Crippen molar-refractivity contribution in [2.45, 2.75) is 6.92 Å². The number of imidazole rings is 1. The van der Waals surface area contributed by atoms with Crippen molar-refractivity contribution in [1.29, 1.82) is 0 Å². The van der Waals surface area contributed by atoms with E-state index in [1.54, 1.807) is 31.4 Å². The first-order valence-electron chi connectivity index (χ1n) is 10.0. The zero-order valence-electron chi connectivity index (χ0n) is 17.3. The highest BCUT2D eigenvalue weighted by Crippen LogP contribution is 2.33. The molecule has 2 aromatic heterocycles. The Hall–Kier alpha value is -4.12. The molecule has 5 rings (SSSR count). The van der Waals surface area contributed by atoms with E-state index >= 15 is 0 Å². The number of aromatic nitrogens is 2. The smallest absolute Gasteiger partial charge is 0.193 e. The maximum Gasteiger partial charge on any atom is 0.193 e. The van der Waals surface area contributed by atoms with Gasteiger partial charge in [-0.05, 0) is 48.2 Å². The second-order valence-electron chi connectivity index (χ2n) is 7.49. The summed E-state index contributed by atoms with van der Waals surface area (Å²) in [6.45, 7) is 2.04. The number of pyridine rings is 1. The van der Waals surface area contributed by atoms with Crippen LogP contribution in [0, 0.1) is 6.92 Å². The molecule has 0 aliphatic carbocycles. The Morgan fingerprint density at radius 1 is 0.935 bits per heavy atom. The minimum Gasteiger partial charge on any atom is -0.497 e. The van der Waals surface area contributed by atoms with Gasteiger partial charge in [-0.25, -0.2) is 4.98 Å². The average molecular weight is 407 g/mol. The van der Waals surface area contributed by atoms with E-state index in [2.05, 4.69) is 0 Å². The molecule has 5 heteroatoms. The molecular formula is C26H21N3O2. The zero-order chi connectivity index (χ0) is 21.5. The molecular weight excluding hydrogens is 386 g/mol. The number of carbonyl (C=O) groups is 1. The summed E-state index contributed by atoms with van der Waals surface area (Å²) >= 11 is 0. The van der Waals surface area contributed by atoms with Crippen LogP contribution in [0.25, 0.3) is 27.7 Å². The maximum atomic E-state index is 13.2. The molecule has 0 saturated heterocycles. The van der Waals surface area contributed by atoms with E-state index in [-0.39, 0.29) is 5.78 Å². The fourth-order valence-electron chi connectivity index (χ4n) is 4.01. The number of ether oxygens (including phenoxy) is 1. The molecule has 0 unspecified atom stereocenters. The Kier molecular flexibility index (Phi) is 4.44. The fraction of sp³-hybridized carbons (Fsp3) is 0.0769. The fourth-order valence-corrected chi connectivity index (χ4v) is 4.01. The first kappa shape index (κ1) is 18.9. The van der Waals surface area contributed by atoms with E-state index in [9.17, 15) is 4.79 Å². The molecule has 2 N–H and O–H groups in total. The first-order chi connectivity index (χ1) is 15.1. The molecule has 152 valence electrons. The van der Waals surface area contributed by atoms with Crippen LogP contribution in [0.2, 0.25) is 0 Å². The van der Waals surface area contributed by atoms with Gasteiger partial charge in [0.2, 0.25) is 0 Å². The number of carbonyl (C=O) groups excluding carboxylic acids is 1. The molecule has 2 heterocycles. The van der Waals surface area contributed by atoms with Gasteiger partial charge in [-0.1, -0.05) is 42.5 Å². The molecule has 0 aliphatic rings. The highest BCUT2D eigenvalue weighted by Gasteiger charge is 2.18. The van der Waals surface area contributed by atoms with Gasteiger partial charge in [0, 0.05) is 28.3 Å². The van der Waals surface area contributed by atoms with Gasteiger partial charge in [-0.2, -0.15) is 0 Å². The van der Waals surface area contributed by atoms with Crippen LogP contribution in [0.4, 0.5) is 5.82 Å². The molecule has 5 aromatic rings. The number of hydrogen-bond donors (Lipinski definition) is 1.